The average molecular weight is 419 g/mol. The van der Waals surface area contributed by atoms with E-state index in [9.17, 15) is 19.6 Å². The Balaban J connectivity index is 1.93. The number of fused-ring (bicyclic) bond motifs is 1. The standard InChI is InChI=1S/C13H18N5O9P/c1-5(19)13(21)27-9-8(20)6(2-25-28(22,23)24)26-12(9)18-4-17-7-10(14)15-3-16-11(7)18/h3-6,8-9,12,19-20H,2H2,1H3,(H2,14,15,16)(H2,22,23,24)/t5?,6-,8-,9-,12-/m1/s1. The minimum Gasteiger partial charge on any atom is -0.453 e. The molecule has 154 valence electrons. The van der Waals surface area contributed by atoms with Gasteiger partial charge in [0.25, 0.3) is 0 Å². The van der Waals surface area contributed by atoms with Crippen molar-refractivity contribution in [1.29, 1.82) is 0 Å². The molecule has 0 amide bonds. The number of esters is 1. The second kappa shape index (κ2) is 7.67. The molecule has 0 aliphatic carbocycles. The Labute approximate surface area is 157 Å². The van der Waals surface area contributed by atoms with E-state index in [0.29, 0.717) is 0 Å². The fraction of sp³-hybridized carbons (Fsp3) is 0.538. The monoisotopic (exact) mass is 419 g/mol. The number of nitrogens with two attached hydrogens (primary N) is 1. The number of ether oxygens (including phenoxy) is 2. The van der Waals surface area contributed by atoms with Crippen LogP contribution in [0.3, 0.4) is 0 Å². The predicted octanol–water partition coefficient (Wildman–Crippen LogP) is -1.93. The molecule has 6 N–H and O–H groups in total. The maximum absolute atomic E-state index is 11.8. The quantitative estimate of drug-likeness (QED) is 0.255. The Morgan fingerprint density at radius 3 is 2.79 bits per heavy atom. The number of hydrogen-bond donors (Lipinski definition) is 5. The van der Waals surface area contributed by atoms with E-state index in [-0.39, 0.29) is 17.0 Å². The summed E-state index contributed by atoms with van der Waals surface area (Å²) in [4.78, 5) is 41.4. The number of aliphatic hydroxyl groups is 2. The molecule has 1 aliphatic heterocycles. The largest absolute Gasteiger partial charge is 0.469 e. The molecule has 1 aliphatic rings. The Kier molecular flexibility index (Phi) is 5.63. The van der Waals surface area contributed by atoms with Gasteiger partial charge in [-0.2, -0.15) is 0 Å². The highest BCUT2D eigenvalue weighted by atomic mass is 31.2. The first kappa shape index (κ1) is 20.5. The molecule has 3 rings (SSSR count). The fourth-order valence-electron chi connectivity index (χ4n) is 2.67. The van der Waals surface area contributed by atoms with Gasteiger partial charge in [-0.3, -0.25) is 9.09 Å². The van der Waals surface area contributed by atoms with Gasteiger partial charge >= 0.3 is 13.8 Å². The summed E-state index contributed by atoms with van der Waals surface area (Å²) < 4.78 is 27.4. The maximum Gasteiger partial charge on any atom is 0.469 e. The molecule has 0 radical (unpaired) electrons. The van der Waals surface area contributed by atoms with Gasteiger partial charge in [-0.25, -0.2) is 24.3 Å². The summed E-state index contributed by atoms with van der Waals surface area (Å²) in [5.41, 5.74) is 6.17. The Morgan fingerprint density at radius 2 is 2.14 bits per heavy atom. The average Bonchev–Trinajstić information content (AvgIpc) is 3.15. The van der Waals surface area contributed by atoms with Crippen LogP contribution in [0.15, 0.2) is 12.7 Å². The Hall–Kier alpha value is -2.19. The van der Waals surface area contributed by atoms with Crippen molar-refractivity contribution in [1.82, 2.24) is 19.5 Å². The summed E-state index contributed by atoms with van der Waals surface area (Å²) in [7, 11) is -4.83. The summed E-state index contributed by atoms with van der Waals surface area (Å²) in [6, 6.07) is 0. The van der Waals surface area contributed by atoms with Gasteiger partial charge in [-0.05, 0) is 6.92 Å². The van der Waals surface area contributed by atoms with Gasteiger partial charge in [0.05, 0.1) is 12.9 Å². The summed E-state index contributed by atoms with van der Waals surface area (Å²) in [6.07, 6.45) is -4.38. The molecule has 0 bridgehead atoms. The number of imidazole rings is 1. The van der Waals surface area contributed by atoms with Crippen LogP contribution in [-0.4, -0.2) is 76.5 Å². The normalized spacial score (nSPS) is 26.5. The van der Waals surface area contributed by atoms with Gasteiger partial charge in [0.15, 0.2) is 23.8 Å². The number of anilines is 1. The number of phosphoric ester groups is 1. The zero-order chi connectivity index (χ0) is 20.6. The number of nitrogens with zero attached hydrogens (tertiary/aromatic N) is 4. The van der Waals surface area contributed by atoms with Crippen molar-refractivity contribution < 1.29 is 43.4 Å². The van der Waals surface area contributed by atoms with Crippen molar-refractivity contribution in [2.24, 2.45) is 0 Å². The molecule has 1 saturated heterocycles. The lowest BCUT2D eigenvalue weighted by atomic mass is 10.1. The topological polar surface area (TPSA) is 212 Å². The van der Waals surface area contributed by atoms with Crippen LogP contribution in [-0.2, 0) is 23.4 Å². The molecule has 28 heavy (non-hydrogen) atoms. The van der Waals surface area contributed by atoms with Gasteiger partial charge in [0.1, 0.15) is 30.2 Å². The molecule has 0 saturated carbocycles. The van der Waals surface area contributed by atoms with Crippen molar-refractivity contribution in [3.8, 4) is 0 Å². The summed E-state index contributed by atoms with van der Waals surface area (Å²) >= 11 is 0. The molecule has 1 fully saturated rings. The van der Waals surface area contributed by atoms with Crippen molar-refractivity contribution in [3.63, 3.8) is 0 Å². The number of aromatic nitrogens is 4. The van der Waals surface area contributed by atoms with E-state index in [4.69, 9.17) is 25.0 Å². The SMILES string of the molecule is CC(O)C(=O)O[C@@H]1[C@H](O)[C@@H](COP(=O)(O)O)O[C@H]1n1cnc2c(N)ncnc21. The summed E-state index contributed by atoms with van der Waals surface area (Å²) in [6.45, 7) is 0.489. The van der Waals surface area contributed by atoms with Crippen molar-refractivity contribution >= 4 is 30.8 Å². The highest BCUT2D eigenvalue weighted by Gasteiger charge is 2.48. The van der Waals surface area contributed by atoms with Crippen molar-refractivity contribution in [2.45, 2.75) is 37.6 Å². The fourth-order valence-corrected chi connectivity index (χ4v) is 3.01. The van der Waals surface area contributed by atoms with E-state index in [1.54, 1.807) is 0 Å². The molecular weight excluding hydrogens is 401 g/mol. The number of hydrogen-bond acceptors (Lipinski definition) is 11. The molecule has 0 spiro atoms. The molecule has 2 aromatic heterocycles. The number of phosphoric acid groups is 1. The first-order valence-corrected chi connectivity index (χ1v) is 9.46. The van der Waals surface area contributed by atoms with Crippen LogP contribution in [0.5, 0.6) is 0 Å². The van der Waals surface area contributed by atoms with Crippen LogP contribution in [0, 0.1) is 0 Å². The lowest BCUT2D eigenvalue weighted by Crippen LogP contribution is -2.39. The lowest BCUT2D eigenvalue weighted by molar-refractivity contribution is -0.167. The second-order valence-electron chi connectivity index (χ2n) is 6.00. The molecule has 15 heteroatoms. The van der Waals surface area contributed by atoms with Crippen LogP contribution < -0.4 is 5.73 Å². The zero-order valence-electron chi connectivity index (χ0n) is 14.4. The highest BCUT2D eigenvalue weighted by Crippen LogP contribution is 2.39. The molecular formula is C13H18N5O9P. The van der Waals surface area contributed by atoms with Crippen LogP contribution in [0.4, 0.5) is 5.82 Å². The number of rotatable bonds is 6. The van der Waals surface area contributed by atoms with Gasteiger partial charge in [0, 0.05) is 0 Å². The van der Waals surface area contributed by atoms with Crippen LogP contribution in [0.25, 0.3) is 11.2 Å². The minimum absolute atomic E-state index is 0.0844. The van der Waals surface area contributed by atoms with E-state index in [1.807, 2.05) is 0 Å². The molecule has 14 nitrogen and oxygen atoms in total. The number of carbonyl (C=O) groups is 1. The van der Waals surface area contributed by atoms with E-state index in [2.05, 4.69) is 19.5 Å². The maximum atomic E-state index is 11.8. The molecule has 2 aromatic rings. The van der Waals surface area contributed by atoms with E-state index < -0.39 is 51.0 Å². The van der Waals surface area contributed by atoms with Gasteiger partial charge < -0.3 is 35.2 Å². The molecule has 1 unspecified atom stereocenters. The van der Waals surface area contributed by atoms with E-state index in [1.165, 1.54) is 24.1 Å². The Bertz CT molecular complexity index is 915. The molecule has 0 aromatic carbocycles. The highest BCUT2D eigenvalue weighted by molar-refractivity contribution is 7.46. The molecule has 3 heterocycles. The van der Waals surface area contributed by atoms with E-state index >= 15 is 0 Å². The van der Waals surface area contributed by atoms with Crippen molar-refractivity contribution in [2.75, 3.05) is 12.3 Å². The third-order valence-corrected chi connectivity index (χ3v) is 4.46. The predicted molar refractivity (Wildman–Crippen MR) is 89.2 cm³/mol. The molecule has 5 atom stereocenters. The first-order valence-electron chi connectivity index (χ1n) is 7.93. The zero-order valence-corrected chi connectivity index (χ0v) is 15.3. The van der Waals surface area contributed by atoms with Crippen LogP contribution in [0.1, 0.15) is 13.2 Å². The third-order valence-electron chi connectivity index (χ3n) is 3.97. The Morgan fingerprint density at radius 1 is 1.43 bits per heavy atom. The number of aliphatic hydroxyl groups excluding tert-OH is 2. The van der Waals surface area contributed by atoms with Gasteiger partial charge in [-0.15, -0.1) is 0 Å². The summed E-state index contributed by atoms with van der Waals surface area (Å²) in [5, 5.41) is 19.9. The minimum atomic E-state index is -4.83. The van der Waals surface area contributed by atoms with Gasteiger partial charge in [-0.1, -0.05) is 0 Å². The lowest BCUT2D eigenvalue weighted by Gasteiger charge is -2.22. The smallest absolute Gasteiger partial charge is 0.453 e. The summed E-state index contributed by atoms with van der Waals surface area (Å²) in [5.74, 6) is -0.950. The van der Waals surface area contributed by atoms with Crippen LogP contribution in [0.2, 0.25) is 0 Å². The number of nitrogen functional groups attached to an aromatic ring is 1. The third kappa shape index (κ3) is 4.12. The number of carbonyl (C=O) groups excluding carboxylic acids is 1. The van der Waals surface area contributed by atoms with Gasteiger partial charge in [0.2, 0.25) is 0 Å². The first-order chi connectivity index (χ1) is 13.1. The van der Waals surface area contributed by atoms with E-state index in [0.717, 1.165) is 0 Å². The second-order valence-corrected chi connectivity index (χ2v) is 7.24. The van der Waals surface area contributed by atoms with Crippen LogP contribution >= 0.6 is 7.82 Å². The van der Waals surface area contributed by atoms with Crippen molar-refractivity contribution in [3.05, 3.63) is 12.7 Å².